The van der Waals surface area contributed by atoms with Crippen molar-refractivity contribution < 1.29 is 13.7 Å². The average Bonchev–Trinajstić information content (AvgIpc) is 2.60. The summed E-state index contributed by atoms with van der Waals surface area (Å²) in [7, 11) is -1.39. The predicted molar refractivity (Wildman–Crippen MR) is 90.3 cm³/mol. The van der Waals surface area contributed by atoms with E-state index in [1.165, 1.54) is 6.08 Å². The quantitative estimate of drug-likeness (QED) is 0.442. The van der Waals surface area contributed by atoms with Crippen LogP contribution in [0.2, 0.25) is 0 Å². The third-order valence-corrected chi connectivity index (χ3v) is 4.48. The standard InChI is InChI=1S/C18H19NO3S/c1-2-3-14-22-18(20)12-11-15-8-4-5-9-16(15)23(21)17-10-6-7-13-19-17/h4-13H,2-3,14H2,1H3/b12-11+. The minimum Gasteiger partial charge on any atom is -0.463 e. The predicted octanol–water partition coefficient (Wildman–Crippen LogP) is 3.60. The van der Waals surface area contributed by atoms with Gasteiger partial charge in [0.15, 0.2) is 0 Å². The molecule has 0 bridgehead atoms. The van der Waals surface area contributed by atoms with Gasteiger partial charge in [-0.15, -0.1) is 0 Å². The number of carbonyl (C=O) groups excluding carboxylic acids is 1. The normalized spacial score (nSPS) is 12.2. The molecule has 4 nitrogen and oxygen atoms in total. The molecular weight excluding hydrogens is 310 g/mol. The fraction of sp³-hybridized carbons (Fsp3) is 0.222. The van der Waals surface area contributed by atoms with Gasteiger partial charge in [-0.2, -0.15) is 0 Å². The molecule has 0 aliphatic carbocycles. The molecule has 1 aromatic heterocycles. The van der Waals surface area contributed by atoms with Crippen molar-refractivity contribution in [1.29, 1.82) is 0 Å². The van der Waals surface area contributed by atoms with Crippen LogP contribution in [-0.4, -0.2) is 21.8 Å². The van der Waals surface area contributed by atoms with Crippen molar-refractivity contribution in [2.75, 3.05) is 6.61 Å². The average molecular weight is 329 g/mol. The number of nitrogens with zero attached hydrogens (tertiary/aromatic N) is 1. The number of aromatic nitrogens is 1. The number of ether oxygens (including phenoxy) is 1. The van der Waals surface area contributed by atoms with Gasteiger partial charge in [-0.05, 0) is 36.3 Å². The van der Waals surface area contributed by atoms with Crippen molar-refractivity contribution in [2.24, 2.45) is 0 Å². The lowest BCUT2D eigenvalue weighted by Crippen LogP contribution is -2.02. The number of esters is 1. The van der Waals surface area contributed by atoms with Crippen molar-refractivity contribution in [3.63, 3.8) is 0 Å². The van der Waals surface area contributed by atoms with Crippen molar-refractivity contribution >= 4 is 22.8 Å². The molecule has 1 atom stereocenters. The molecule has 2 aromatic rings. The van der Waals surface area contributed by atoms with Crippen LogP contribution in [0, 0.1) is 0 Å². The smallest absolute Gasteiger partial charge is 0.330 e. The summed E-state index contributed by atoms with van der Waals surface area (Å²) < 4.78 is 17.7. The molecule has 1 unspecified atom stereocenters. The molecule has 0 N–H and O–H groups in total. The number of hydrogen-bond donors (Lipinski definition) is 0. The highest BCUT2D eigenvalue weighted by Gasteiger charge is 2.11. The van der Waals surface area contributed by atoms with Gasteiger partial charge in [-0.25, -0.2) is 14.0 Å². The second kappa shape index (κ2) is 9.00. The molecule has 0 aliphatic heterocycles. The monoisotopic (exact) mass is 329 g/mol. The molecule has 23 heavy (non-hydrogen) atoms. The van der Waals surface area contributed by atoms with E-state index in [2.05, 4.69) is 4.98 Å². The summed E-state index contributed by atoms with van der Waals surface area (Å²) in [6, 6.07) is 12.5. The zero-order valence-electron chi connectivity index (χ0n) is 13.0. The fourth-order valence-corrected chi connectivity index (χ4v) is 3.02. The van der Waals surface area contributed by atoms with E-state index in [1.54, 1.807) is 36.5 Å². The van der Waals surface area contributed by atoms with Crippen LogP contribution in [0.15, 0.2) is 64.7 Å². The number of hydrogen-bond acceptors (Lipinski definition) is 4. The Kier molecular flexibility index (Phi) is 6.69. The van der Waals surface area contributed by atoms with Crippen LogP contribution < -0.4 is 0 Å². The first-order valence-electron chi connectivity index (χ1n) is 7.49. The zero-order valence-corrected chi connectivity index (χ0v) is 13.8. The molecule has 0 fully saturated rings. The van der Waals surface area contributed by atoms with Crippen LogP contribution in [0.5, 0.6) is 0 Å². The van der Waals surface area contributed by atoms with E-state index in [0.29, 0.717) is 22.1 Å². The van der Waals surface area contributed by atoms with Crippen LogP contribution >= 0.6 is 0 Å². The van der Waals surface area contributed by atoms with Crippen molar-refractivity contribution in [3.8, 4) is 0 Å². The second-order valence-electron chi connectivity index (χ2n) is 4.83. The molecule has 120 valence electrons. The highest BCUT2D eigenvalue weighted by Crippen LogP contribution is 2.20. The minimum atomic E-state index is -1.39. The third-order valence-electron chi connectivity index (χ3n) is 3.09. The summed E-state index contributed by atoms with van der Waals surface area (Å²) in [4.78, 5) is 16.4. The van der Waals surface area contributed by atoms with Gasteiger partial charge in [0, 0.05) is 12.3 Å². The number of pyridine rings is 1. The largest absolute Gasteiger partial charge is 0.463 e. The maximum absolute atomic E-state index is 12.6. The lowest BCUT2D eigenvalue weighted by molar-refractivity contribution is -0.137. The van der Waals surface area contributed by atoms with Gasteiger partial charge < -0.3 is 4.74 Å². The summed E-state index contributed by atoms with van der Waals surface area (Å²) in [6.45, 7) is 2.45. The minimum absolute atomic E-state index is 0.392. The van der Waals surface area contributed by atoms with Gasteiger partial charge in [0.2, 0.25) is 0 Å². The molecule has 2 rings (SSSR count). The molecule has 1 heterocycles. The molecule has 0 saturated heterocycles. The highest BCUT2D eigenvalue weighted by atomic mass is 32.2. The van der Waals surface area contributed by atoms with Gasteiger partial charge >= 0.3 is 5.97 Å². The topological polar surface area (TPSA) is 56.3 Å². The molecular formula is C18H19NO3S. The Bertz CT molecular complexity index is 698. The molecule has 1 aromatic carbocycles. The Morgan fingerprint density at radius 2 is 2.00 bits per heavy atom. The van der Waals surface area contributed by atoms with Gasteiger partial charge in [0.25, 0.3) is 0 Å². The Morgan fingerprint density at radius 1 is 1.22 bits per heavy atom. The number of unbranched alkanes of at least 4 members (excludes halogenated alkanes) is 1. The van der Waals surface area contributed by atoms with Crippen LogP contribution in [0.1, 0.15) is 25.3 Å². The zero-order chi connectivity index (χ0) is 16.5. The van der Waals surface area contributed by atoms with E-state index in [9.17, 15) is 9.00 Å². The third kappa shape index (κ3) is 5.14. The maximum atomic E-state index is 12.6. The summed E-state index contributed by atoms with van der Waals surface area (Å²) in [5, 5.41) is 0.485. The molecule has 5 heteroatoms. The number of carbonyl (C=O) groups is 1. The summed E-state index contributed by atoms with van der Waals surface area (Å²) >= 11 is 0. The lowest BCUT2D eigenvalue weighted by Gasteiger charge is -2.05. The lowest BCUT2D eigenvalue weighted by atomic mass is 10.2. The van der Waals surface area contributed by atoms with Gasteiger partial charge in [0.1, 0.15) is 15.8 Å². The van der Waals surface area contributed by atoms with E-state index in [-0.39, 0.29) is 0 Å². The SMILES string of the molecule is CCCCOC(=O)/C=C/c1ccccc1S(=O)c1ccccn1. The van der Waals surface area contributed by atoms with Crippen molar-refractivity contribution in [1.82, 2.24) is 4.98 Å². The van der Waals surface area contributed by atoms with Gasteiger partial charge in [-0.3, -0.25) is 0 Å². The van der Waals surface area contributed by atoms with Crippen molar-refractivity contribution in [3.05, 3.63) is 60.3 Å². The first kappa shape index (κ1) is 17.1. The number of rotatable bonds is 7. The van der Waals surface area contributed by atoms with Crippen LogP contribution in [0.3, 0.4) is 0 Å². The van der Waals surface area contributed by atoms with Crippen molar-refractivity contribution in [2.45, 2.75) is 29.7 Å². The van der Waals surface area contributed by atoms with E-state index >= 15 is 0 Å². The van der Waals surface area contributed by atoms with Crippen LogP contribution in [0.4, 0.5) is 0 Å². The molecule has 0 saturated carbocycles. The highest BCUT2D eigenvalue weighted by molar-refractivity contribution is 7.85. The molecule has 0 radical (unpaired) electrons. The molecule has 0 spiro atoms. The second-order valence-corrected chi connectivity index (χ2v) is 6.22. The Labute approximate surface area is 138 Å². The molecule has 0 amide bonds. The maximum Gasteiger partial charge on any atom is 0.330 e. The number of benzene rings is 1. The van der Waals surface area contributed by atoms with Crippen LogP contribution in [0.25, 0.3) is 6.08 Å². The van der Waals surface area contributed by atoms with E-state index in [1.807, 2.05) is 25.1 Å². The van der Waals surface area contributed by atoms with E-state index in [4.69, 9.17) is 4.74 Å². The van der Waals surface area contributed by atoms with E-state index in [0.717, 1.165) is 12.8 Å². The Hall–Kier alpha value is -2.27. The van der Waals surface area contributed by atoms with Gasteiger partial charge in [0.05, 0.1) is 11.5 Å². The van der Waals surface area contributed by atoms with Crippen LogP contribution in [-0.2, 0) is 20.3 Å². The Morgan fingerprint density at radius 3 is 2.74 bits per heavy atom. The van der Waals surface area contributed by atoms with E-state index < -0.39 is 16.8 Å². The summed E-state index contributed by atoms with van der Waals surface area (Å²) in [5.74, 6) is -0.392. The fourth-order valence-electron chi connectivity index (χ4n) is 1.88. The summed E-state index contributed by atoms with van der Waals surface area (Å²) in [5.41, 5.74) is 0.712. The first-order valence-corrected chi connectivity index (χ1v) is 8.64. The Balaban J connectivity index is 2.15. The van der Waals surface area contributed by atoms with Gasteiger partial charge in [-0.1, -0.05) is 37.6 Å². The first-order chi connectivity index (χ1) is 11.2. The molecule has 0 aliphatic rings. The summed E-state index contributed by atoms with van der Waals surface area (Å²) in [6.07, 6.45) is 6.42.